The third-order valence-electron chi connectivity index (χ3n) is 2.56. The van der Waals surface area contributed by atoms with Crippen LogP contribution in [0.4, 0.5) is 0 Å². The Morgan fingerprint density at radius 2 is 1.94 bits per heavy atom. The highest BCUT2D eigenvalue weighted by Crippen LogP contribution is 2.30. The molecule has 2 aromatic heterocycles. The molecule has 3 rings (SSSR count). The second kappa shape index (κ2) is 4.97. The number of nitrogens with zero attached hydrogens (tertiary/aromatic N) is 2. The molecular formula is C13H10N2OS2. The van der Waals surface area contributed by atoms with E-state index in [1.807, 2.05) is 35.7 Å². The lowest BCUT2D eigenvalue weighted by molar-refractivity contribution is 0.220. The molecule has 0 aliphatic carbocycles. The van der Waals surface area contributed by atoms with Gasteiger partial charge in [-0.05, 0) is 5.56 Å². The van der Waals surface area contributed by atoms with Crippen molar-refractivity contribution in [3.8, 4) is 10.6 Å². The molecule has 3 aromatic rings. The average Bonchev–Trinajstić information content (AvgIpc) is 3.09. The first kappa shape index (κ1) is 11.5. The summed E-state index contributed by atoms with van der Waals surface area (Å²) in [5.41, 5.74) is 3.53. The van der Waals surface area contributed by atoms with Gasteiger partial charge in [0, 0.05) is 11.6 Å². The van der Waals surface area contributed by atoms with E-state index >= 15 is 0 Å². The fraction of sp³-hybridized carbons (Fsp3) is 0.0769. The first-order valence-electron chi connectivity index (χ1n) is 5.42. The molecule has 0 radical (unpaired) electrons. The summed E-state index contributed by atoms with van der Waals surface area (Å²) in [6, 6.07) is 9.56. The number of benzene rings is 1. The largest absolute Gasteiger partial charge is 0.381 e. The summed E-state index contributed by atoms with van der Waals surface area (Å²) < 4.78 is 0. The van der Waals surface area contributed by atoms with Gasteiger partial charge in [0.1, 0.15) is 11.1 Å². The number of hydrogen-bond donors (Lipinski definition) is 1. The van der Waals surface area contributed by atoms with Crippen molar-refractivity contribution in [2.45, 2.75) is 6.10 Å². The van der Waals surface area contributed by atoms with Gasteiger partial charge >= 0.3 is 0 Å². The number of aliphatic hydroxyl groups excluding tert-OH is 1. The van der Waals surface area contributed by atoms with E-state index in [0.29, 0.717) is 5.01 Å². The van der Waals surface area contributed by atoms with Crippen LogP contribution in [-0.2, 0) is 0 Å². The van der Waals surface area contributed by atoms with Crippen molar-refractivity contribution in [1.82, 2.24) is 9.97 Å². The number of aromatic nitrogens is 2. The molecule has 90 valence electrons. The molecule has 2 heterocycles. The molecule has 0 saturated heterocycles. The topological polar surface area (TPSA) is 46.0 Å². The summed E-state index contributed by atoms with van der Waals surface area (Å²) in [6.07, 6.45) is 1.14. The Kier molecular flexibility index (Phi) is 3.19. The minimum Gasteiger partial charge on any atom is -0.381 e. The van der Waals surface area contributed by atoms with Crippen molar-refractivity contribution >= 4 is 22.7 Å². The average molecular weight is 274 g/mol. The van der Waals surface area contributed by atoms with Gasteiger partial charge in [-0.15, -0.1) is 22.7 Å². The molecule has 0 aliphatic heterocycles. The monoisotopic (exact) mass is 274 g/mol. The molecule has 0 aliphatic rings. The van der Waals surface area contributed by atoms with Gasteiger partial charge in [-0.1, -0.05) is 30.3 Å². The zero-order valence-electron chi connectivity index (χ0n) is 9.35. The maximum absolute atomic E-state index is 10.2. The van der Waals surface area contributed by atoms with Crippen molar-refractivity contribution < 1.29 is 5.11 Å². The zero-order valence-corrected chi connectivity index (χ0v) is 11.0. The van der Waals surface area contributed by atoms with E-state index in [9.17, 15) is 5.11 Å². The lowest BCUT2D eigenvalue weighted by Gasteiger charge is -2.06. The number of thiazole rings is 2. The molecule has 1 aromatic carbocycles. The van der Waals surface area contributed by atoms with Crippen LogP contribution in [0, 0.1) is 0 Å². The Bertz CT molecular complexity index is 620. The summed E-state index contributed by atoms with van der Waals surface area (Å²) in [6.45, 7) is 0. The van der Waals surface area contributed by atoms with Gasteiger partial charge in [-0.25, -0.2) is 4.98 Å². The van der Waals surface area contributed by atoms with E-state index < -0.39 is 6.10 Å². The summed E-state index contributed by atoms with van der Waals surface area (Å²) in [4.78, 5) is 9.53. The number of hydrogen-bond acceptors (Lipinski definition) is 5. The minimum absolute atomic E-state index is 0.655. The summed E-state index contributed by atoms with van der Waals surface area (Å²) in [7, 11) is 0. The third-order valence-corrected chi connectivity index (χ3v) is 4.25. The van der Waals surface area contributed by atoms with E-state index in [4.69, 9.17) is 0 Å². The molecular weight excluding hydrogens is 264 g/mol. The summed E-state index contributed by atoms with van der Waals surface area (Å²) in [5.74, 6) is 0. The van der Waals surface area contributed by atoms with Crippen LogP contribution in [0.2, 0.25) is 0 Å². The van der Waals surface area contributed by atoms with Crippen LogP contribution in [0.25, 0.3) is 10.6 Å². The van der Waals surface area contributed by atoms with Crippen LogP contribution in [-0.4, -0.2) is 15.1 Å². The molecule has 0 amide bonds. The van der Waals surface area contributed by atoms with Crippen molar-refractivity contribution in [3.05, 3.63) is 58.0 Å². The molecule has 1 atom stereocenters. The van der Waals surface area contributed by atoms with Crippen LogP contribution in [0.15, 0.2) is 47.4 Å². The van der Waals surface area contributed by atoms with Gasteiger partial charge in [0.05, 0.1) is 16.1 Å². The van der Waals surface area contributed by atoms with Crippen LogP contribution >= 0.6 is 22.7 Å². The van der Waals surface area contributed by atoms with Gasteiger partial charge in [0.2, 0.25) is 0 Å². The SMILES string of the molecule is OC(c1ccccc1)c1nc(-c2cncs2)cs1. The Labute approximate surface area is 112 Å². The molecule has 0 spiro atoms. The Balaban J connectivity index is 1.90. The molecule has 0 bridgehead atoms. The smallest absolute Gasteiger partial charge is 0.131 e. The highest BCUT2D eigenvalue weighted by Gasteiger charge is 2.15. The van der Waals surface area contributed by atoms with Crippen molar-refractivity contribution in [2.75, 3.05) is 0 Å². The van der Waals surface area contributed by atoms with E-state index in [1.54, 1.807) is 23.0 Å². The molecule has 1 N–H and O–H groups in total. The first-order chi connectivity index (χ1) is 8.84. The molecule has 1 unspecified atom stereocenters. The third kappa shape index (κ3) is 2.20. The lowest BCUT2D eigenvalue weighted by atomic mass is 10.1. The van der Waals surface area contributed by atoms with Gasteiger partial charge in [-0.2, -0.15) is 0 Å². The van der Waals surface area contributed by atoms with Gasteiger partial charge in [0.15, 0.2) is 0 Å². The van der Waals surface area contributed by atoms with E-state index in [1.165, 1.54) is 11.3 Å². The number of aliphatic hydroxyl groups is 1. The fourth-order valence-corrected chi connectivity index (χ4v) is 3.13. The second-order valence-corrected chi connectivity index (χ2v) is 5.53. The maximum Gasteiger partial charge on any atom is 0.131 e. The van der Waals surface area contributed by atoms with Crippen molar-refractivity contribution in [1.29, 1.82) is 0 Å². The van der Waals surface area contributed by atoms with Gasteiger partial charge < -0.3 is 5.11 Å². The summed E-state index contributed by atoms with van der Waals surface area (Å²) >= 11 is 3.02. The van der Waals surface area contributed by atoms with Crippen LogP contribution < -0.4 is 0 Å². The normalized spacial score (nSPS) is 12.5. The van der Waals surface area contributed by atoms with Crippen LogP contribution in [0.5, 0.6) is 0 Å². The predicted molar refractivity (Wildman–Crippen MR) is 73.7 cm³/mol. The van der Waals surface area contributed by atoms with Crippen LogP contribution in [0.3, 0.4) is 0 Å². The quantitative estimate of drug-likeness (QED) is 0.796. The second-order valence-electron chi connectivity index (χ2n) is 3.75. The Hall–Kier alpha value is -1.56. The van der Waals surface area contributed by atoms with Gasteiger partial charge in [-0.3, -0.25) is 4.98 Å². The zero-order chi connectivity index (χ0) is 12.4. The lowest BCUT2D eigenvalue weighted by Crippen LogP contribution is -1.98. The van der Waals surface area contributed by atoms with E-state index in [0.717, 1.165) is 16.1 Å². The standard InChI is InChI=1S/C13H10N2OS2/c16-12(9-4-2-1-3-5-9)13-15-10(7-17-13)11-6-14-8-18-11/h1-8,12,16H. The minimum atomic E-state index is -0.655. The van der Waals surface area contributed by atoms with E-state index in [2.05, 4.69) is 9.97 Å². The Morgan fingerprint density at radius 1 is 1.11 bits per heavy atom. The predicted octanol–water partition coefficient (Wildman–Crippen LogP) is 3.35. The highest BCUT2D eigenvalue weighted by atomic mass is 32.1. The van der Waals surface area contributed by atoms with E-state index in [-0.39, 0.29) is 0 Å². The first-order valence-corrected chi connectivity index (χ1v) is 7.18. The van der Waals surface area contributed by atoms with Crippen molar-refractivity contribution in [3.63, 3.8) is 0 Å². The molecule has 3 nitrogen and oxygen atoms in total. The molecule has 0 saturated carbocycles. The molecule has 5 heteroatoms. The molecule has 0 fully saturated rings. The van der Waals surface area contributed by atoms with Crippen molar-refractivity contribution in [2.24, 2.45) is 0 Å². The van der Waals surface area contributed by atoms with Crippen LogP contribution in [0.1, 0.15) is 16.7 Å². The summed E-state index contributed by atoms with van der Waals surface area (Å²) in [5, 5.41) is 12.9. The number of rotatable bonds is 3. The fourth-order valence-electron chi connectivity index (χ4n) is 1.65. The maximum atomic E-state index is 10.2. The molecule has 18 heavy (non-hydrogen) atoms. The highest BCUT2D eigenvalue weighted by molar-refractivity contribution is 7.14. The Morgan fingerprint density at radius 3 is 2.67 bits per heavy atom. The van der Waals surface area contributed by atoms with Gasteiger partial charge in [0.25, 0.3) is 0 Å².